The van der Waals surface area contributed by atoms with Crippen LogP contribution in [0, 0.1) is 0 Å². The monoisotopic (exact) mass is 649 g/mol. The van der Waals surface area contributed by atoms with Gasteiger partial charge in [-0.1, -0.05) is 20.8 Å². The minimum absolute atomic E-state index is 0.00555. The standard InChI is InChI=1S/C29H35N11O5S/c1-29(2,3)20-17-46-28(30-20)32-26(44)18-8-9-39-22(14-18)31-25(19(27(39)45)6-7-21-33-35-36-34-21)38-12-10-37(11-13-38)23(41)15-40(4,5)16-24(42)43/h6-9,14,17H,10-13,15-16H2,1-5H3,(H2-,30,32,33,34,35,36,42,43,44). The van der Waals surface area contributed by atoms with Crippen molar-refractivity contribution in [1.82, 2.24) is 39.9 Å². The summed E-state index contributed by atoms with van der Waals surface area (Å²) in [5.41, 5.74) is 1.16. The first-order valence-electron chi connectivity index (χ1n) is 14.5. The lowest BCUT2D eigenvalue weighted by Crippen LogP contribution is -2.56. The third kappa shape index (κ3) is 7.43. The van der Waals surface area contributed by atoms with Crippen LogP contribution in [0.25, 0.3) is 17.8 Å². The van der Waals surface area contributed by atoms with Gasteiger partial charge in [-0.05, 0) is 29.5 Å². The van der Waals surface area contributed by atoms with Gasteiger partial charge in [0.1, 0.15) is 18.0 Å². The number of quaternary nitrogens is 1. The zero-order valence-electron chi connectivity index (χ0n) is 26.2. The van der Waals surface area contributed by atoms with Gasteiger partial charge < -0.3 is 24.2 Å². The number of thiazole rings is 1. The molecule has 46 heavy (non-hydrogen) atoms. The molecule has 0 aliphatic carbocycles. The van der Waals surface area contributed by atoms with E-state index in [0.29, 0.717) is 42.7 Å². The van der Waals surface area contributed by atoms with Crippen LogP contribution in [-0.4, -0.2) is 116 Å². The first-order chi connectivity index (χ1) is 21.7. The quantitative estimate of drug-likeness (QED) is 0.229. The maximum Gasteiger partial charge on any atom is 0.277 e. The van der Waals surface area contributed by atoms with E-state index >= 15 is 0 Å². The van der Waals surface area contributed by atoms with Crippen LogP contribution in [0.15, 0.2) is 28.5 Å². The molecule has 5 heterocycles. The first-order valence-corrected chi connectivity index (χ1v) is 15.4. The number of tetrazole rings is 1. The zero-order valence-corrected chi connectivity index (χ0v) is 27.0. The second-order valence-corrected chi connectivity index (χ2v) is 13.5. The number of carboxylic acids is 1. The van der Waals surface area contributed by atoms with E-state index < -0.39 is 5.97 Å². The van der Waals surface area contributed by atoms with Crippen molar-refractivity contribution in [3.8, 4) is 0 Å². The number of nitrogens with one attached hydrogen (secondary N) is 2. The highest BCUT2D eigenvalue weighted by Crippen LogP contribution is 2.27. The Hall–Kier alpha value is -5.03. The van der Waals surface area contributed by atoms with Gasteiger partial charge in [0, 0.05) is 48.7 Å². The van der Waals surface area contributed by atoms with E-state index in [-0.39, 0.29) is 57.4 Å². The summed E-state index contributed by atoms with van der Waals surface area (Å²) in [6, 6.07) is 3.09. The van der Waals surface area contributed by atoms with Crippen molar-refractivity contribution in [2.45, 2.75) is 26.2 Å². The van der Waals surface area contributed by atoms with Crippen LogP contribution in [0.4, 0.5) is 10.9 Å². The van der Waals surface area contributed by atoms with E-state index in [1.165, 1.54) is 28.0 Å². The van der Waals surface area contributed by atoms with Gasteiger partial charge in [0.2, 0.25) is 0 Å². The molecule has 2 amide bonds. The van der Waals surface area contributed by atoms with Gasteiger partial charge in [0.25, 0.3) is 17.4 Å². The number of likely N-dealkylation sites (N-methyl/N-ethyl adjacent to an activating group) is 1. The molecule has 17 heteroatoms. The average Bonchev–Trinajstić information content (AvgIpc) is 3.68. The molecule has 4 aromatic heterocycles. The van der Waals surface area contributed by atoms with Crippen LogP contribution >= 0.6 is 11.3 Å². The van der Waals surface area contributed by atoms with Crippen LogP contribution in [0.5, 0.6) is 0 Å². The molecule has 2 N–H and O–H groups in total. The molecular weight excluding hydrogens is 614 g/mol. The lowest BCUT2D eigenvalue weighted by atomic mass is 9.93. The summed E-state index contributed by atoms with van der Waals surface area (Å²) in [6.07, 6.45) is 4.60. The number of aromatic amines is 1. The van der Waals surface area contributed by atoms with Gasteiger partial charge in [0.15, 0.2) is 17.5 Å². The van der Waals surface area contributed by atoms with Crippen LogP contribution in [0.3, 0.4) is 0 Å². The summed E-state index contributed by atoms with van der Waals surface area (Å²) in [4.78, 5) is 63.9. The van der Waals surface area contributed by atoms with Crippen molar-refractivity contribution in [2.24, 2.45) is 0 Å². The molecular formula is C29H35N11O5S. The Morgan fingerprint density at radius 1 is 1.11 bits per heavy atom. The highest BCUT2D eigenvalue weighted by Gasteiger charge is 2.29. The number of hydrogen-bond donors (Lipinski definition) is 2. The maximum absolute atomic E-state index is 13.8. The molecule has 0 saturated carbocycles. The first kappa shape index (κ1) is 32.4. The smallest absolute Gasteiger partial charge is 0.277 e. The molecule has 4 aromatic rings. The van der Waals surface area contributed by atoms with Gasteiger partial charge in [-0.3, -0.25) is 24.1 Å². The molecule has 0 bridgehead atoms. The molecule has 242 valence electrons. The molecule has 0 unspecified atom stereocenters. The largest absolute Gasteiger partial charge is 0.544 e. The Bertz CT molecular complexity index is 1850. The number of aromatic nitrogens is 7. The minimum atomic E-state index is -1.23. The number of H-pyrrole nitrogens is 1. The third-order valence-corrected chi connectivity index (χ3v) is 8.17. The zero-order chi connectivity index (χ0) is 33.2. The summed E-state index contributed by atoms with van der Waals surface area (Å²) in [7, 11) is 3.32. The van der Waals surface area contributed by atoms with Gasteiger partial charge in [0.05, 0.1) is 31.3 Å². The molecule has 0 radical (unpaired) electrons. The SMILES string of the molecule is CC(C)(C)c1csc(NC(=O)c2ccn3c(=O)c(C=Cc4nn[nH]n4)c(N4CCN(C(=O)C[N+](C)(C)CC(=O)[O-])CC4)nc3c2)n1. The molecule has 0 spiro atoms. The Labute approximate surface area is 268 Å². The summed E-state index contributed by atoms with van der Waals surface area (Å²) in [5, 5.41) is 30.0. The number of anilines is 2. The van der Waals surface area contributed by atoms with Gasteiger partial charge in [-0.2, -0.15) is 5.21 Å². The highest BCUT2D eigenvalue weighted by molar-refractivity contribution is 7.14. The average molecular weight is 650 g/mol. The second kappa shape index (κ2) is 12.8. The molecule has 1 aliphatic rings. The topological polar surface area (TPSA) is 194 Å². The molecule has 5 rings (SSSR count). The number of aliphatic carboxylic acids is 1. The number of piperazine rings is 1. The number of fused-ring (bicyclic) bond motifs is 1. The van der Waals surface area contributed by atoms with Crippen LogP contribution in [0.1, 0.15) is 48.2 Å². The van der Waals surface area contributed by atoms with E-state index in [4.69, 9.17) is 4.98 Å². The summed E-state index contributed by atoms with van der Waals surface area (Å²) < 4.78 is 1.32. The van der Waals surface area contributed by atoms with Crippen molar-refractivity contribution in [3.05, 3.63) is 56.7 Å². The second-order valence-electron chi connectivity index (χ2n) is 12.6. The maximum atomic E-state index is 13.8. The highest BCUT2D eigenvalue weighted by atomic mass is 32.1. The predicted molar refractivity (Wildman–Crippen MR) is 169 cm³/mol. The van der Waals surface area contributed by atoms with Crippen LogP contribution in [-0.2, 0) is 15.0 Å². The third-order valence-electron chi connectivity index (χ3n) is 7.41. The van der Waals surface area contributed by atoms with Gasteiger partial charge in [-0.15, -0.1) is 21.5 Å². The van der Waals surface area contributed by atoms with Crippen molar-refractivity contribution >= 4 is 57.9 Å². The van der Waals surface area contributed by atoms with Crippen LogP contribution < -0.4 is 20.9 Å². The number of nitrogens with zero attached hydrogens (tertiary/aromatic N) is 9. The molecule has 1 saturated heterocycles. The van der Waals surface area contributed by atoms with Gasteiger partial charge in [-0.25, -0.2) is 9.97 Å². The van der Waals surface area contributed by atoms with Gasteiger partial charge >= 0.3 is 0 Å². The number of amides is 2. The lowest BCUT2D eigenvalue weighted by molar-refractivity contribution is -0.877. The van der Waals surface area contributed by atoms with Crippen molar-refractivity contribution in [1.29, 1.82) is 0 Å². The molecule has 0 aromatic carbocycles. The van der Waals surface area contributed by atoms with E-state index in [1.807, 2.05) is 31.1 Å². The number of pyridine rings is 1. The number of rotatable bonds is 9. The molecule has 1 aliphatic heterocycles. The Kier molecular flexibility index (Phi) is 8.98. The predicted octanol–water partition coefficient (Wildman–Crippen LogP) is -0.141. The van der Waals surface area contributed by atoms with E-state index in [0.717, 1.165) is 5.69 Å². The lowest BCUT2D eigenvalue weighted by Gasteiger charge is -2.38. The molecule has 0 atom stereocenters. The normalized spacial score (nSPS) is 14.3. The van der Waals surface area contributed by atoms with Crippen molar-refractivity contribution in [3.63, 3.8) is 0 Å². The Morgan fingerprint density at radius 2 is 1.85 bits per heavy atom. The van der Waals surface area contributed by atoms with Crippen LogP contribution in [0.2, 0.25) is 0 Å². The van der Waals surface area contributed by atoms with E-state index in [2.05, 4.69) is 30.9 Å². The number of carbonyl (C=O) groups is 3. The minimum Gasteiger partial charge on any atom is -0.544 e. The van der Waals surface area contributed by atoms with Crippen molar-refractivity contribution in [2.75, 3.05) is 63.6 Å². The Balaban J connectivity index is 1.42. The Morgan fingerprint density at radius 3 is 2.48 bits per heavy atom. The molecule has 1 fully saturated rings. The fourth-order valence-electron chi connectivity index (χ4n) is 4.95. The van der Waals surface area contributed by atoms with Crippen molar-refractivity contribution < 1.29 is 24.0 Å². The summed E-state index contributed by atoms with van der Waals surface area (Å²) in [5.74, 6) is -1.15. The number of carboxylic acid groups (broad SMARTS) is 1. The fraction of sp³-hybridized carbons (Fsp3) is 0.414. The number of hydrogen-bond acceptors (Lipinski definition) is 12. The molecule has 16 nitrogen and oxygen atoms in total. The van der Waals surface area contributed by atoms with E-state index in [9.17, 15) is 24.3 Å². The fourth-order valence-corrected chi connectivity index (χ4v) is 5.88. The summed E-state index contributed by atoms with van der Waals surface area (Å²) >= 11 is 1.34. The van der Waals surface area contributed by atoms with E-state index in [1.54, 1.807) is 37.2 Å². The number of carbonyl (C=O) groups excluding carboxylic acids is 3. The summed E-state index contributed by atoms with van der Waals surface area (Å²) in [6.45, 7) is 7.26.